The normalized spacial score (nSPS) is 15.4. The number of hydrogen-bond donors (Lipinski definition) is 1. The number of ether oxygens (including phenoxy) is 1. The zero-order valence-corrected chi connectivity index (χ0v) is 19.7. The van der Waals surface area contributed by atoms with Gasteiger partial charge in [-0.3, -0.25) is 14.1 Å². The molecule has 2 heterocycles. The molecule has 0 radical (unpaired) electrons. The molecule has 0 spiro atoms. The van der Waals surface area contributed by atoms with Crippen LogP contribution in [0.2, 0.25) is 0 Å². The van der Waals surface area contributed by atoms with Crippen LogP contribution in [-0.4, -0.2) is 31.4 Å². The van der Waals surface area contributed by atoms with Crippen LogP contribution >= 0.6 is 0 Å². The monoisotopic (exact) mass is 519 g/mol. The molecule has 4 aromatic rings. The number of halogens is 3. The van der Waals surface area contributed by atoms with Crippen molar-refractivity contribution in [3.05, 3.63) is 76.8 Å². The second-order valence-electron chi connectivity index (χ2n) is 8.54. The van der Waals surface area contributed by atoms with Crippen LogP contribution in [0.3, 0.4) is 0 Å². The van der Waals surface area contributed by atoms with Gasteiger partial charge in [-0.1, -0.05) is 17.6 Å². The van der Waals surface area contributed by atoms with Gasteiger partial charge in [-0.05, 0) is 54.8 Å². The number of rotatable bonds is 6. The van der Waals surface area contributed by atoms with Gasteiger partial charge in [0.2, 0.25) is 0 Å². The predicted molar refractivity (Wildman–Crippen MR) is 125 cm³/mol. The Morgan fingerprint density at radius 1 is 1.08 bits per heavy atom. The van der Waals surface area contributed by atoms with Crippen molar-refractivity contribution in [2.45, 2.75) is 35.7 Å². The van der Waals surface area contributed by atoms with Crippen LogP contribution in [0.4, 0.5) is 19.0 Å². The van der Waals surface area contributed by atoms with Crippen molar-refractivity contribution in [1.82, 2.24) is 9.72 Å². The van der Waals surface area contributed by atoms with Gasteiger partial charge in [-0.15, -0.1) is 0 Å². The van der Waals surface area contributed by atoms with Crippen LogP contribution in [0.5, 0.6) is 5.75 Å². The fourth-order valence-corrected chi connectivity index (χ4v) is 5.56. The molecule has 0 atom stereocenters. The number of benzene rings is 2. The number of alkyl halides is 3. The molecule has 0 unspecified atom stereocenters. The minimum Gasteiger partial charge on any atom is -0.495 e. The van der Waals surface area contributed by atoms with Crippen molar-refractivity contribution in [3.63, 3.8) is 0 Å². The molecule has 0 aliphatic heterocycles. The molecule has 1 saturated carbocycles. The minimum absolute atomic E-state index is 0.00710. The van der Waals surface area contributed by atoms with E-state index in [4.69, 9.17) is 4.74 Å². The first-order valence-corrected chi connectivity index (χ1v) is 12.4. The number of nitrogens with zero attached hydrogens (tertiary/aromatic N) is 2. The summed E-state index contributed by atoms with van der Waals surface area (Å²) in [5.74, 6) is 0.106. The second-order valence-corrected chi connectivity index (χ2v) is 10.2. The standard InChI is InChI=1S/C24H20F3N3O5S/c1-34-20-14-16(23(10-2-11-23)24(25,26)27)4-6-19(20)30-18-7-5-17(13-15(18)3-8-22(30)31)36(32,33)29-21-9-12-35-28-21/h3-9,12-14H,2,10-11H2,1H3,(H,28,29). The summed E-state index contributed by atoms with van der Waals surface area (Å²) >= 11 is 0. The number of methoxy groups -OCH3 is 1. The number of nitrogens with one attached hydrogen (secondary N) is 1. The molecule has 1 N–H and O–H groups in total. The van der Waals surface area contributed by atoms with Crippen LogP contribution < -0.4 is 15.0 Å². The molecule has 1 aliphatic carbocycles. The van der Waals surface area contributed by atoms with Gasteiger partial charge in [0.15, 0.2) is 5.82 Å². The highest BCUT2D eigenvalue weighted by Gasteiger charge is 2.59. The van der Waals surface area contributed by atoms with E-state index < -0.39 is 27.2 Å². The zero-order chi connectivity index (χ0) is 25.7. The van der Waals surface area contributed by atoms with Crippen molar-refractivity contribution in [2.75, 3.05) is 11.8 Å². The van der Waals surface area contributed by atoms with Crippen LogP contribution in [0.25, 0.3) is 16.6 Å². The summed E-state index contributed by atoms with van der Waals surface area (Å²) in [6, 6.07) is 12.3. The quantitative estimate of drug-likeness (QED) is 0.394. The Morgan fingerprint density at radius 3 is 2.47 bits per heavy atom. The van der Waals surface area contributed by atoms with Crippen molar-refractivity contribution >= 4 is 26.7 Å². The highest BCUT2D eigenvalue weighted by molar-refractivity contribution is 7.92. The Morgan fingerprint density at radius 2 is 1.86 bits per heavy atom. The highest BCUT2D eigenvalue weighted by Crippen LogP contribution is 2.55. The lowest BCUT2D eigenvalue weighted by Crippen LogP contribution is -2.47. The van der Waals surface area contributed by atoms with Gasteiger partial charge in [0.1, 0.15) is 12.0 Å². The average Bonchev–Trinajstić information content (AvgIpc) is 3.29. The molecule has 0 saturated heterocycles. The fourth-order valence-electron chi connectivity index (χ4n) is 4.53. The van der Waals surface area contributed by atoms with Gasteiger partial charge in [0.05, 0.1) is 28.6 Å². The van der Waals surface area contributed by atoms with Crippen molar-refractivity contribution in [2.24, 2.45) is 0 Å². The van der Waals surface area contributed by atoms with Crippen LogP contribution in [0.1, 0.15) is 24.8 Å². The van der Waals surface area contributed by atoms with E-state index in [9.17, 15) is 26.4 Å². The molecule has 5 rings (SSSR count). The summed E-state index contributed by atoms with van der Waals surface area (Å²) in [6.07, 6.45) is -2.73. The van der Waals surface area contributed by atoms with E-state index in [1.807, 2.05) is 0 Å². The number of aromatic nitrogens is 2. The van der Waals surface area contributed by atoms with E-state index in [2.05, 4.69) is 14.4 Å². The Balaban J connectivity index is 1.61. The molecule has 2 aromatic carbocycles. The molecule has 0 amide bonds. The third kappa shape index (κ3) is 3.81. The van der Waals surface area contributed by atoms with Gasteiger partial charge in [-0.2, -0.15) is 13.2 Å². The zero-order valence-electron chi connectivity index (χ0n) is 18.9. The fraction of sp³-hybridized carbons (Fsp3) is 0.250. The van der Waals surface area contributed by atoms with E-state index in [1.165, 1.54) is 72.5 Å². The Kier molecular flexibility index (Phi) is 5.58. The summed E-state index contributed by atoms with van der Waals surface area (Å²) in [6.45, 7) is 0. The van der Waals surface area contributed by atoms with Gasteiger partial charge in [0.25, 0.3) is 15.6 Å². The molecule has 36 heavy (non-hydrogen) atoms. The highest BCUT2D eigenvalue weighted by atomic mass is 32.2. The lowest BCUT2D eigenvalue weighted by Gasteiger charge is -2.43. The summed E-state index contributed by atoms with van der Waals surface area (Å²) in [7, 11) is -2.68. The lowest BCUT2D eigenvalue weighted by atomic mass is 9.64. The van der Waals surface area contributed by atoms with Crippen molar-refractivity contribution in [1.29, 1.82) is 0 Å². The summed E-state index contributed by atoms with van der Waals surface area (Å²) in [5.41, 5.74) is -1.71. The van der Waals surface area contributed by atoms with E-state index >= 15 is 0 Å². The van der Waals surface area contributed by atoms with Crippen molar-refractivity contribution < 1.29 is 30.8 Å². The third-order valence-corrected chi connectivity index (χ3v) is 7.93. The van der Waals surface area contributed by atoms with E-state index in [1.54, 1.807) is 0 Å². The molecule has 1 fully saturated rings. The number of pyridine rings is 1. The first-order valence-electron chi connectivity index (χ1n) is 10.9. The maximum Gasteiger partial charge on any atom is 0.398 e. The molecular formula is C24H20F3N3O5S. The smallest absolute Gasteiger partial charge is 0.398 e. The average molecular weight is 520 g/mol. The second kappa shape index (κ2) is 8.40. The van der Waals surface area contributed by atoms with E-state index in [0.29, 0.717) is 17.3 Å². The number of sulfonamides is 1. The van der Waals surface area contributed by atoms with Gasteiger partial charge in [-0.25, -0.2) is 8.42 Å². The number of hydrogen-bond acceptors (Lipinski definition) is 6. The topological polar surface area (TPSA) is 103 Å². The van der Waals surface area contributed by atoms with Gasteiger partial charge in [0, 0.05) is 17.5 Å². The van der Waals surface area contributed by atoms with Crippen LogP contribution in [0, 0.1) is 0 Å². The summed E-state index contributed by atoms with van der Waals surface area (Å²) in [4.78, 5) is 12.8. The summed E-state index contributed by atoms with van der Waals surface area (Å²) in [5, 5.41) is 3.94. The third-order valence-electron chi connectivity index (χ3n) is 6.58. The van der Waals surface area contributed by atoms with Gasteiger partial charge >= 0.3 is 6.18 Å². The van der Waals surface area contributed by atoms with Crippen LogP contribution in [0.15, 0.2) is 75.1 Å². The first-order chi connectivity index (χ1) is 17.1. The molecule has 2 aromatic heterocycles. The first kappa shape index (κ1) is 23.9. The molecule has 12 heteroatoms. The maximum atomic E-state index is 13.9. The van der Waals surface area contributed by atoms with Gasteiger partial charge < -0.3 is 9.26 Å². The predicted octanol–water partition coefficient (Wildman–Crippen LogP) is 4.77. The van der Waals surface area contributed by atoms with Crippen LogP contribution in [-0.2, 0) is 15.4 Å². The lowest BCUT2D eigenvalue weighted by molar-refractivity contribution is -0.212. The minimum atomic E-state index is -4.41. The Bertz CT molecular complexity index is 1610. The Hall–Kier alpha value is -3.80. The molecule has 1 aliphatic rings. The molecule has 0 bridgehead atoms. The van der Waals surface area contributed by atoms with Crippen molar-refractivity contribution in [3.8, 4) is 11.4 Å². The molecule has 188 valence electrons. The summed E-state index contributed by atoms with van der Waals surface area (Å²) < 4.78 is 80.7. The Labute approximate surface area is 203 Å². The molecule has 8 nitrogen and oxygen atoms in total. The maximum absolute atomic E-state index is 13.9. The van der Waals surface area contributed by atoms with E-state index in [0.717, 1.165) is 0 Å². The SMILES string of the molecule is COc1cc(C2(C(F)(F)F)CCC2)ccc1-n1c(=O)ccc2cc(S(=O)(=O)Nc3ccon3)ccc21. The number of fused-ring (bicyclic) bond motifs is 1. The van der Waals surface area contributed by atoms with E-state index in [-0.39, 0.29) is 40.6 Å². The molecular weight excluding hydrogens is 499 g/mol. The number of anilines is 1. The largest absolute Gasteiger partial charge is 0.495 e.